The summed E-state index contributed by atoms with van der Waals surface area (Å²) < 4.78 is 21.8. The van der Waals surface area contributed by atoms with E-state index in [1.165, 1.54) is 25.3 Å². The molecule has 2 saturated heterocycles. The summed E-state index contributed by atoms with van der Waals surface area (Å²) in [5.74, 6) is 1.74. The zero-order valence-electron chi connectivity index (χ0n) is 17.0. The van der Waals surface area contributed by atoms with Crippen molar-refractivity contribution in [3.8, 4) is 5.75 Å². The number of benzene rings is 1. The van der Waals surface area contributed by atoms with Crippen molar-refractivity contribution in [2.24, 2.45) is 5.41 Å². The van der Waals surface area contributed by atoms with E-state index >= 15 is 0 Å². The van der Waals surface area contributed by atoms with Gasteiger partial charge in [-0.1, -0.05) is 0 Å². The predicted molar refractivity (Wildman–Crippen MR) is 108 cm³/mol. The largest absolute Gasteiger partial charge is 0.497 e. The lowest BCUT2D eigenvalue weighted by molar-refractivity contribution is 0.0853. The number of likely N-dealkylation sites (tertiary alicyclic amines) is 2. The molecule has 0 radical (unpaired) electrons. The molecule has 0 aliphatic carbocycles. The molecule has 2 aliphatic rings. The molecule has 6 heteroatoms. The van der Waals surface area contributed by atoms with Crippen LogP contribution in [0.25, 0.3) is 0 Å². The van der Waals surface area contributed by atoms with Gasteiger partial charge in [-0.3, -0.25) is 9.80 Å². The zero-order chi connectivity index (χ0) is 19.6. The minimum absolute atomic E-state index is 0.139. The second-order valence-electron chi connectivity index (χ2n) is 8.36. The molecule has 0 unspecified atom stereocenters. The first-order valence-corrected chi connectivity index (χ1v) is 10.4. The standard InChI is InChI=1S/C22H31FN4O/c1-3-27-12-9-24-21(27)15-26-11-8-22(17-26)7-4-10-25(16-22)14-18-13-19(28-2)5-6-20(18)23/h5-6,9,12-13H,3-4,7-8,10-11,14-17H2,1-2H3/t22-/m1/s1. The van der Waals surface area contributed by atoms with Crippen LogP contribution in [0.2, 0.25) is 0 Å². The van der Waals surface area contributed by atoms with Gasteiger partial charge in [0.25, 0.3) is 0 Å². The monoisotopic (exact) mass is 386 g/mol. The third-order valence-corrected chi connectivity index (χ3v) is 6.41. The van der Waals surface area contributed by atoms with Crippen LogP contribution in [0.5, 0.6) is 5.75 Å². The minimum Gasteiger partial charge on any atom is -0.497 e. The lowest BCUT2D eigenvalue weighted by Gasteiger charge is -2.40. The van der Waals surface area contributed by atoms with Crippen molar-refractivity contribution in [1.82, 2.24) is 19.4 Å². The molecule has 1 spiro atoms. The molecule has 4 rings (SSSR count). The fourth-order valence-corrected chi connectivity index (χ4v) is 4.96. The number of piperidine rings is 1. The Morgan fingerprint density at radius 1 is 1.14 bits per heavy atom. The SMILES string of the molecule is CCn1ccnc1CN1CC[C@@]2(CCCN(Cc3cc(OC)ccc3F)C2)C1. The van der Waals surface area contributed by atoms with Gasteiger partial charge in [-0.05, 0) is 62.9 Å². The number of aryl methyl sites for hydroxylation is 1. The van der Waals surface area contributed by atoms with E-state index < -0.39 is 0 Å². The first-order chi connectivity index (χ1) is 13.6. The average molecular weight is 387 g/mol. The van der Waals surface area contributed by atoms with E-state index in [4.69, 9.17) is 4.74 Å². The van der Waals surface area contributed by atoms with Crippen molar-refractivity contribution in [2.75, 3.05) is 33.3 Å². The molecular formula is C22H31FN4O. The fourth-order valence-electron chi connectivity index (χ4n) is 4.96. The van der Waals surface area contributed by atoms with Gasteiger partial charge in [-0.15, -0.1) is 0 Å². The molecule has 2 aliphatic heterocycles. The summed E-state index contributed by atoms with van der Waals surface area (Å²) >= 11 is 0. The van der Waals surface area contributed by atoms with E-state index in [-0.39, 0.29) is 5.82 Å². The number of hydrogen-bond donors (Lipinski definition) is 0. The zero-order valence-corrected chi connectivity index (χ0v) is 17.0. The topological polar surface area (TPSA) is 33.5 Å². The third kappa shape index (κ3) is 4.08. The van der Waals surface area contributed by atoms with E-state index in [0.29, 0.717) is 12.0 Å². The number of nitrogens with zero attached hydrogens (tertiary/aromatic N) is 4. The first-order valence-electron chi connectivity index (χ1n) is 10.4. The molecule has 0 N–H and O–H groups in total. The van der Waals surface area contributed by atoms with Gasteiger partial charge in [0.15, 0.2) is 0 Å². The maximum absolute atomic E-state index is 14.3. The molecule has 152 valence electrons. The summed E-state index contributed by atoms with van der Waals surface area (Å²) in [6, 6.07) is 5.04. The molecule has 2 aromatic rings. The Balaban J connectivity index is 1.40. The third-order valence-electron chi connectivity index (χ3n) is 6.41. The van der Waals surface area contributed by atoms with Crippen molar-refractivity contribution in [2.45, 2.75) is 45.8 Å². The van der Waals surface area contributed by atoms with Crippen LogP contribution in [0.15, 0.2) is 30.6 Å². The van der Waals surface area contributed by atoms with Crippen LogP contribution in [0.3, 0.4) is 0 Å². The Labute approximate surface area is 167 Å². The van der Waals surface area contributed by atoms with Crippen LogP contribution in [0.1, 0.15) is 37.6 Å². The lowest BCUT2D eigenvalue weighted by atomic mass is 9.79. The number of aromatic nitrogens is 2. The van der Waals surface area contributed by atoms with Crippen molar-refractivity contribution < 1.29 is 9.13 Å². The molecule has 2 fully saturated rings. The summed E-state index contributed by atoms with van der Waals surface area (Å²) in [4.78, 5) is 9.51. The molecule has 1 aromatic heterocycles. The van der Waals surface area contributed by atoms with Crippen LogP contribution in [-0.2, 0) is 19.6 Å². The number of rotatable bonds is 6. The van der Waals surface area contributed by atoms with Crippen LogP contribution >= 0.6 is 0 Å². The molecular weight excluding hydrogens is 355 g/mol. The van der Waals surface area contributed by atoms with Crippen LogP contribution < -0.4 is 4.74 Å². The van der Waals surface area contributed by atoms with E-state index in [0.717, 1.165) is 56.4 Å². The molecule has 0 amide bonds. The highest BCUT2D eigenvalue weighted by molar-refractivity contribution is 5.29. The van der Waals surface area contributed by atoms with Gasteiger partial charge in [-0.25, -0.2) is 9.37 Å². The van der Waals surface area contributed by atoms with Gasteiger partial charge in [0.1, 0.15) is 17.4 Å². The Bertz CT molecular complexity index is 808. The number of hydrogen-bond acceptors (Lipinski definition) is 4. The van der Waals surface area contributed by atoms with Crippen molar-refractivity contribution >= 4 is 0 Å². The Kier molecular flexibility index (Phi) is 5.69. The molecule has 5 nitrogen and oxygen atoms in total. The second kappa shape index (κ2) is 8.21. The maximum atomic E-state index is 14.3. The highest BCUT2D eigenvalue weighted by atomic mass is 19.1. The van der Waals surface area contributed by atoms with Crippen LogP contribution in [0.4, 0.5) is 4.39 Å². The molecule has 28 heavy (non-hydrogen) atoms. The average Bonchev–Trinajstić information content (AvgIpc) is 3.31. The van der Waals surface area contributed by atoms with Crippen LogP contribution in [-0.4, -0.2) is 52.6 Å². The molecule has 1 aromatic carbocycles. The normalized spacial score (nSPS) is 23.5. The van der Waals surface area contributed by atoms with Gasteiger partial charge in [0, 0.05) is 44.1 Å². The van der Waals surface area contributed by atoms with Crippen LogP contribution in [0, 0.1) is 11.2 Å². The number of ether oxygens (including phenoxy) is 1. The van der Waals surface area contributed by atoms with Crippen molar-refractivity contribution in [3.63, 3.8) is 0 Å². The smallest absolute Gasteiger partial charge is 0.127 e. The Morgan fingerprint density at radius 2 is 1.96 bits per heavy atom. The van der Waals surface area contributed by atoms with Crippen molar-refractivity contribution in [3.05, 3.63) is 47.8 Å². The molecule has 0 saturated carbocycles. The number of imidazole rings is 1. The van der Waals surface area contributed by atoms with E-state index in [9.17, 15) is 4.39 Å². The van der Waals surface area contributed by atoms with Gasteiger partial charge < -0.3 is 9.30 Å². The highest BCUT2D eigenvalue weighted by Crippen LogP contribution is 2.40. The Hall–Kier alpha value is -1.92. The van der Waals surface area contributed by atoms with Gasteiger partial charge >= 0.3 is 0 Å². The number of halogens is 1. The second-order valence-corrected chi connectivity index (χ2v) is 8.36. The van der Waals surface area contributed by atoms with E-state index in [1.807, 2.05) is 12.3 Å². The van der Waals surface area contributed by atoms with Gasteiger partial charge in [0.2, 0.25) is 0 Å². The van der Waals surface area contributed by atoms with Gasteiger partial charge in [0.05, 0.1) is 13.7 Å². The number of methoxy groups -OCH3 is 1. The highest BCUT2D eigenvalue weighted by Gasteiger charge is 2.41. The summed E-state index contributed by atoms with van der Waals surface area (Å²) in [5.41, 5.74) is 1.06. The lowest BCUT2D eigenvalue weighted by Crippen LogP contribution is -2.44. The summed E-state index contributed by atoms with van der Waals surface area (Å²) in [7, 11) is 1.63. The molecule has 3 heterocycles. The van der Waals surface area contributed by atoms with Gasteiger partial charge in [-0.2, -0.15) is 0 Å². The minimum atomic E-state index is -0.139. The summed E-state index contributed by atoms with van der Waals surface area (Å²) in [6.45, 7) is 9.03. The van der Waals surface area contributed by atoms with E-state index in [2.05, 4.69) is 32.5 Å². The quantitative estimate of drug-likeness (QED) is 0.760. The summed E-state index contributed by atoms with van der Waals surface area (Å²) in [6.07, 6.45) is 7.63. The maximum Gasteiger partial charge on any atom is 0.127 e. The molecule has 1 atom stereocenters. The Morgan fingerprint density at radius 3 is 2.75 bits per heavy atom. The predicted octanol–water partition coefficient (Wildman–Crippen LogP) is 3.54. The van der Waals surface area contributed by atoms with E-state index in [1.54, 1.807) is 13.2 Å². The fraction of sp³-hybridized carbons (Fsp3) is 0.591. The first kappa shape index (κ1) is 19.4. The molecule has 0 bridgehead atoms. The van der Waals surface area contributed by atoms with Crippen molar-refractivity contribution in [1.29, 1.82) is 0 Å². The summed E-state index contributed by atoms with van der Waals surface area (Å²) in [5, 5.41) is 0.